The second-order valence-corrected chi connectivity index (χ2v) is 3.95. The van der Waals surface area contributed by atoms with Gasteiger partial charge in [-0.05, 0) is 6.07 Å². The summed E-state index contributed by atoms with van der Waals surface area (Å²) < 4.78 is 42.0. The second-order valence-electron chi connectivity index (χ2n) is 3.95. The smallest absolute Gasteiger partial charge is 0.408 e. The number of hydrogen-bond donors (Lipinski definition) is 1. The molecule has 0 aliphatic heterocycles. The molecule has 0 bridgehead atoms. The zero-order valence-electron chi connectivity index (χ0n) is 9.63. The number of alkyl halides is 3. The number of nitro benzene ring substituents is 1. The summed E-state index contributed by atoms with van der Waals surface area (Å²) in [5, 5.41) is 19.6. The topological polar surface area (TPSA) is 98.5 Å². The van der Waals surface area contributed by atoms with Crippen LogP contribution in [0, 0.1) is 10.1 Å². The molecule has 2 aromatic rings. The third-order valence-corrected chi connectivity index (χ3v) is 2.60. The molecule has 1 unspecified atom stereocenters. The van der Waals surface area contributed by atoms with E-state index in [1.807, 2.05) is 0 Å². The monoisotopic (exact) mass is 292 g/mol. The number of oxazole rings is 1. The number of halogens is 3. The molecule has 0 radical (unpaired) electrons. The fraction of sp³-hybridized carbons (Fsp3) is 0.300. The van der Waals surface area contributed by atoms with E-state index in [2.05, 4.69) is 4.42 Å². The van der Waals surface area contributed by atoms with Gasteiger partial charge in [0, 0.05) is 12.1 Å². The van der Waals surface area contributed by atoms with Crippen LogP contribution < -0.4 is 5.76 Å². The van der Waals surface area contributed by atoms with E-state index in [9.17, 15) is 28.1 Å². The molecule has 1 heterocycles. The number of fused-ring (bicyclic) bond motifs is 1. The van der Waals surface area contributed by atoms with Crippen molar-refractivity contribution < 1.29 is 27.6 Å². The van der Waals surface area contributed by atoms with Crippen molar-refractivity contribution in [1.29, 1.82) is 0 Å². The van der Waals surface area contributed by atoms with Crippen LogP contribution in [-0.2, 0) is 6.54 Å². The van der Waals surface area contributed by atoms with Gasteiger partial charge in [-0.1, -0.05) is 0 Å². The van der Waals surface area contributed by atoms with Crippen molar-refractivity contribution in [2.24, 2.45) is 0 Å². The highest BCUT2D eigenvalue weighted by molar-refractivity contribution is 5.75. The molecular formula is C10H7F3N2O5. The van der Waals surface area contributed by atoms with Gasteiger partial charge in [-0.3, -0.25) is 14.7 Å². The lowest BCUT2D eigenvalue weighted by Crippen LogP contribution is -2.35. The lowest BCUT2D eigenvalue weighted by atomic mass is 10.2. The van der Waals surface area contributed by atoms with Gasteiger partial charge in [-0.25, -0.2) is 4.79 Å². The summed E-state index contributed by atoms with van der Waals surface area (Å²) in [5.74, 6) is -1.14. The van der Waals surface area contributed by atoms with E-state index in [-0.39, 0.29) is 11.1 Å². The molecule has 0 saturated carbocycles. The van der Waals surface area contributed by atoms with E-state index < -0.39 is 35.2 Å². The summed E-state index contributed by atoms with van der Waals surface area (Å²) in [7, 11) is 0. The Labute approximate surface area is 108 Å². The van der Waals surface area contributed by atoms with Gasteiger partial charge >= 0.3 is 11.9 Å². The first-order valence-corrected chi connectivity index (χ1v) is 5.22. The summed E-state index contributed by atoms with van der Waals surface area (Å²) >= 11 is 0. The molecule has 108 valence electrons. The maximum atomic E-state index is 12.3. The van der Waals surface area contributed by atoms with Crippen molar-refractivity contribution in [3.8, 4) is 0 Å². The summed E-state index contributed by atoms with van der Waals surface area (Å²) in [5.41, 5.74) is -0.698. The van der Waals surface area contributed by atoms with Crippen molar-refractivity contribution >= 4 is 16.8 Å². The predicted octanol–water partition coefficient (Wildman–Crippen LogP) is 1.43. The van der Waals surface area contributed by atoms with Gasteiger partial charge < -0.3 is 9.52 Å². The van der Waals surface area contributed by atoms with Crippen LogP contribution in [0.4, 0.5) is 18.9 Å². The molecule has 10 heteroatoms. The fourth-order valence-corrected chi connectivity index (χ4v) is 1.61. The maximum Gasteiger partial charge on any atom is 0.420 e. The molecule has 0 fully saturated rings. The Balaban J connectivity index is 2.52. The van der Waals surface area contributed by atoms with Gasteiger partial charge in [0.2, 0.25) is 0 Å². The van der Waals surface area contributed by atoms with Gasteiger partial charge in [0.15, 0.2) is 11.7 Å². The highest BCUT2D eigenvalue weighted by atomic mass is 19.4. The number of nitro groups is 1. The number of aromatic nitrogens is 1. The highest BCUT2D eigenvalue weighted by Crippen LogP contribution is 2.24. The summed E-state index contributed by atoms with van der Waals surface area (Å²) in [4.78, 5) is 21.3. The van der Waals surface area contributed by atoms with E-state index >= 15 is 0 Å². The Morgan fingerprint density at radius 2 is 2.10 bits per heavy atom. The van der Waals surface area contributed by atoms with Crippen LogP contribution in [0.1, 0.15) is 0 Å². The van der Waals surface area contributed by atoms with E-state index in [1.165, 1.54) is 0 Å². The molecule has 0 spiro atoms. The first kappa shape index (κ1) is 14.1. The highest BCUT2D eigenvalue weighted by Gasteiger charge is 2.39. The van der Waals surface area contributed by atoms with E-state index in [1.54, 1.807) is 0 Å². The maximum absolute atomic E-state index is 12.3. The van der Waals surface area contributed by atoms with E-state index in [0.717, 1.165) is 18.2 Å². The van der Waals surface area contributed by atoms with Crippen LogP contribution in [0.2, 0.25) is 0 Å². The zero-order chi connectivity index (χ0) is 15.1. The minimum Gasteiger partial charge on any atom is -0.408 e. The van der Waals surface area contributed by atoms with Crippen molar-refractivity contribution in [3.05, 3.63) is 38.9 Å². The second kappa shape index (κ2) is 4.63. The van der Waals surface area contributed by atoms with Crippen molar-refractivity contribution in [2.75, 3.05) is 0 Å². The van der Waals surface area contributed by atoms with Gasteiger partial charge in [0.25, 0.3) is 5.69 Å². The van der Waals surface area contributed by atoms with Crippen LogP contribution in [0.5, 0.6) is 0 Å². The van der Waals surface area contributed by atoms with Gasteiger partial charge in [-0.2, -0.15) is 13.2 Å². The molecule has 0 amide bonds. The average molecular weight is 292 g/mol. The predicted molar refractivity (Wildman–Crippen MR) is 59.2 cm³/mol. The third kappa shape index (κ3) is 2.50. The number of aliphatic hydroxyl groups excluding tert-OH is 1. The van der Waals surface area contributed by atoms with E-state index in [0.29, 0.717) is 4.57 Å². The number of aliphatic hydroxyl groups is 1. The minimum atomic E-state index is -4.91. The van der Waals surface area contributed by atoms with Crippen LogP contribution in [0.15, 0.2) is 27.4 Å². The van der Waals surface area contributed by atoms with Gasteiger partial charge in [0.1, 0.15) is 0 Å². The molecular weight excluding hydrogens is 285 g/mol. The molecule has 7 nitrogen and oxygen atoms in total. The zero-order valence-corrected chi connectivity index (χ0v) is 9.63. The molecule has 1 aromatic carbocycles. The summed E-state index contributed by atoms with van der Waals surface area (Å²) in [6, 6.07) is 3.06. The first-order valence-electron chi connectivity index (χ1n) is 5.22. The van der Waals surface area contributed by atoms with Gasteiger partial charge in [-0.15, -0.1) is 0 Å². The molecule has 0 saturated heterocycles. The molecule has 1 atom stereocenters. The summed E-state index contributed by atoms with van der Waals surface area (Å²) in [6.07, 6.45) is -7.69. The normalized spacial score (nSPS) is 13.6. The van der Waals surface area contributed by atoms with Crippen molar-refractivity contribution in [3.63, 3.8) is 0 Å². The molecule has 1 N–H and O–H groups in total. The Bertz CT molecular complexity index is 718. The first-order chi connectivity index (χ1) is 9.20. The third-order valence-electron chi connectivity index (χ3n) is 2.60. The Kier molecular flexibility index (Phi) is 3.26. The quantitative estimate of drug-likeness (QED) is 0.681. The largest absolute Gasteiger partial charge is 0.420 e. The number of rotatable bonds is 3. The lowest BCUT2D eigenvalue weighted by molar-refractivity contribution is -0.384. The standard InChI is InChI=1S/C10H7F3N2O5/c11-10(12,13)8(16)4-14-6-3-5(15(18)19)1-2-7(6)20-9(14)17/h1-3,8,16H,4H2. The minimum absolute atomic E-state index is 0.102. The van der Waals surface area contributed by atoms with Crippen LogP contribution in [-0.4, -0.2) is 26.9 Å². The van der Waals surface area contributed by atoms with Crippen molar-refractivity contribution in [1.82, 2.24) is 4.57 Å². The molecule has 1 aromatic heterocycles. The molecule has 0 aliphatic rings. The number of benzene rings is 1. The van der Waals surface area contributed by atoms with Crippen LogP contribution in [0.3, 0.4) is 0 Å². The van der Waals surface area contributed by atoms with Gasteiger partial charge in [0.05, 0.1) is 17.0 Å². The van der Waals surface area contributed by atoms with Crippen LogP contribution in [0.25, 0.3) is 11.1 Å². The summed E-state index contributed by atoms with van der Waals surface area (Å²) in [6.45, 7) is -1.10. The fourth-order valence-electron chi connectivity index (χ4n) is 1.61. The van der Waals surface area contributed by atoms with Crippen LogP contribution >= 0.6 is 0 Å². The molecule has 20 heavy (non-hydrogen) atoms. The molecule has 0 aliphatic carbocycles. The Morgan fingerprint density at radius 1 is 1.45 bits per heavy atom. The lowest BCUT2D eigenvalue weighted by Gasteiger charge is -2.14. The number of non-ortho nitro benzene ring substituents is 1. The Morgan fingerprint density at radius 3 is 2.65 bits per heavy atom. The van der Waals surface area contributed by atoms with E-state index in [4.69, 9.17) is 5.11 Å². The number of hydrogen-bond acceptors (Lipinski definition) is 5. The number of nitrogens with zero attached hydrogens (tertiary/aromatic N) is 2. The average Bonchev–Trinajstić information content (AvgIpc) is 2.64. The molecule has 2 rings (SSSR count). The van der Waals surface area contributed by atoms with Crippen molar-refractivity contribution in [2.45, 2.75) is 18.8 Å². The SMILES string of the molecule is O=c1oc2ccc([N+](=O)[O-])cc2n1CC(O)C(F)(F)F. The Hall–Kier alpha value is -2.36.